The number of halogens is 2. The van der Waals surface area contributed by atoms with Crippen LogP contribution < -0.4 is 9.62 Å². The van der Waals surface area contributed by atoms with Gasteiger partial charge in [0.25, 0.3) is 10.0 Å². The fraction of sp³-hybridized carbons (Fsp3) is 0.333. The average Bonchev–Trinajstić information content (AvgIpc) is 2.96. The molecule has 0 spiro atoms. The Morgan fingerprint density at radius 2 is 1.63 bits per heavy atom. The van der Waals surface area contributed by atoms with Crippen LogP contribution in [0.15, 0.2) is 76.5 Å². The molecule has 7 nitrogen and oxygen atoms in total. The maximum Gasteiger partial charge on any atom is 0.264 e. The predicted octanol–water partition coefficient (Wildman–Crippen LogP) is 6.55. The van der Waals surface area contributed by atoms with Crippen molar-refractivity contribution >= 4 is 62.5 Å². The highest BCUT2D eigenvalue weighted by Gasteiger charge is 2.34. The van der Waals surface area contributed by atoms with E-state index in [4.69, 9.17) is 23.2 Å². The highest BCUT2D eigenvalue weighted by atomic mass is 35.5. The van der Waals surface area contributed by atoms with E-state index < -0.39 is 28.5 Å². The molecule has 3 rings (SSSR count). The van der Waals surface area contributed by atoms with E-state index in [1.807, 2.05) is 27.0 Å². The molecule has 0 aromatic heterocycles. The second-order valence-corrected chi connectivity index (χ2v) is 13.1. The number of aryl methyl sites for hydroxylation is 1. The van der Waals surface area contributed by atoms with Crippen LogP contribution in [0.5, 0.6) is 0 Å². The number of rotatable bonds is 13. The van der Waals surface area contributed by atoms with Crippen molar-refractivity contribution in [3.63, 3.8) is 0 Å². The summed E-state index contributed by atoms with van der Waals surface area (Å²) in [5.41, 5.74) is 1.87. The zero-order chi connectivity index (χ0) is 30.2. The highest BCUT2D eigenvalue weighted by Crippen LogP contribution is 2.28. The number of anilines is 1. The van der Waals surface area contributed by atoms with Gasteiger partial charge in [0.2, 0.25) is 11.8 Å². The second kappa shape index (κ2) is 15.0. The number of carbonyl (C=O) groups excluding carboxylic acids is 2. The van der Waals surface area contributed by atoms with Gasteiger partial charge in [0.15, 0.2) is 0 Å². The molecule has 41 heavy (non-hydrogen) atoms. The molecule has 0 saturated heterocycles. The van der Waals surface area contributed by atoms with E-state index in [0.717, 1.165) is 21.2 Å². The Labute approximate surface area is 257 Å². The number of carbonyl (C=O) groups is 2. The molecule has 0 aliphatic rings. The van der Waals surface area contributed by atoms with Crippen molar-refractivity contribution in [3.8, 4) is 0 Å². The summed E-state index contributed by atoms with van der Waals surface area (Å²) >= 11 is 14.0. The number of nitrogens with one attached hydrogen (secondary N) is 1. The number of amides is 2. The molecule has 220 valence electrons. The minimum atomic E-state index is -4.14. The average molecular weight is 637 g/mol. The first-order valence-corrected chi connectivity index (χ1v) is 16.7. The maximum absolute atomic E-state index is 14.1. The van der Waals surface area contributed by atoms with Crippen molar-refractivity contribution in [3.05, 3.63) is 87.9 Å². The van der Waals surface area contributed by atoms with E-state index in [0.29, 0.717) is 34.3 Å². The van der Waals surface area contributed by atoms with Crippen LogP contribution in [0.2, 0.25) is 10.0 Å². The largest absolute Gasteiger partial charge is 0.354 e. The molecule has 0 bridgehead atoms. The van der Waals surface area contributed by atoms with Crippen LogP contribution in [0.25, 0.3) is 0 Å². The lowest BCUT2D eigenvalue weighted by atomic mass is 10.1. The van der Waals surface area contributed by atoms with Crippen molar-refractivity contribution < 1.29 is 18.0 Å². The summed E-state index contributed by atoms with van der Waals surface area (Å²) in [7, 11) is -4.14. The van der Waals surface area contributed by atoms with Crippen molar-refractivity contribution in [1.82, 2.24) is 10.2 Å². The third-order valence-electron chi connectivity index (χ3n) is 6.54. The molecule has 11 heteroatoms. The monoisotopic (exact) mass is 635 g/mol. The van der Waals surface area contributed by atoms with Gasteiger partial charge in [-0.2, -0.15) is 0 Å². The molecule has 3 aromatic carbocycles. The lowest BCUT2D eigenvalue weighted by Gasteiger charge is -2.33. The lowest BCUT2D eigenvalue weighted by molar-refractivity contribution is -0.140. The van der Waals surface area contributed by atoms with Crippen LogP contribution in [0.4, 0.5) is 5.69 Å². The molecule has 3 aromatic rings. The van der Waals surface area contributed by atoms with Crippen molar-refractivity contribution in [2.24, 2.45) is 0 Å². The van der Waals surface area contributed by atoms with E-state index in [9.17, 15) is 18.0 Å². The van der Waals surface area contributed by atoms with Crippen molar-refractivity contribution in [1.29, 1.82) is 0 Å². The van der Waals surface area contributed by atoms with Gasteiger partial charge in [0.05, 0.1) is 10.6 Å². The third-order valence-corrected chi connectivity index (χ3v) is 9.66. The Bertz CT molecular complexity index is 1450. The van der Waals surface area contributed by atoms with Crippen LogP contribution >= 0.6 is 35.0 Å². The molecule has 0 saturated carbocycles. The smallest absolute Gasteiger partial charge is 0.264 e. The van der Waals surface area contributed by atoms with Crippen LogP contribution in [0.1, 0.15) is 37.8 Å². The summed E-state index contributed by atoms with van der Waals surface area (Å²) in [4.78, 5) is 29.7. The molecule has 0 aliphatic heterocycles. The second-order valence-electron chi connectivity index (χ2n) is 9.50. The van der Waals surface area contributed by atoms with E-state index in [-0.39, 0.29) is 17.3 Å². The molecule has 0 radical (unpaired) electrons. The van der Waals surface area contributed by atoms with Gasteiger partial charge in [-0.05, 0) is 80.1 Å². The van der Waals surface area contributed by atoms with E-state index in [2.05, 4.69) is 5.32 Å². The molecule has 0 unspecified atom stereocenters. The molecular formula is C30H35Cl2N3O4S2. The summed E-state index contributed by atoms with van der Waals surface area (Å²) in [5, 5.41) is 3.65. The number of benzene rings is 3. The summed E-state index contributed by atoms with van der Waals surface area (Å²) in [6, 6.07) is 17.5. The highest BCUT2D eigenvalue weighted by molar-refractivity contribution is 7.98. The first-order chi connectivity index (χ1) is 19.5. The Balaban J connectivity index is 2.07. The first kappa shape index (κ1) is 32.8. The quantitative estimate of drug-likeness (QED) is 0.215. The summed E-state index contributed by atoms with van der Waals surface area (Å²) < 4.78 is 29.0. The maximum atomic E-state index is 14.1. The predicted molar refractivity (Wildman–Crippen MR) is 168 cm³/mol. The summed E-state index contributed by atoms with van der Waals surface area (Å²) in [6.07, 6.45) is 2.96. The van der Waals surface area contributed by atoms with Gasteiger partial charge in [-0.25, -0.2) is 8.42 Å². The molecule has 1 N–H and O–H groups in total. The Hall–Kier alpha value is -2.72. The number of hydrogen-bond donors (Lipinski definition) is 1. The lowest BCUT2D eigenvalue weighted by Crippen LogP contribution is -2.52. The molecule has 0 heterocycles. The topological polar surface area (TPSA) is 86.8 Å². The minimum Gasteiger partial charge on any atom is -0.354 e. The van der Waals surface area contributed by atoms with Crippen molar-refractivity contribution in [2.75, 3.05) is 23.7 Å². The number of sulfonamides is 1. The zero-order valence-corrected chi connectivity index (χ0v) is 26.7. The third kappa shape index (κ3) is 8.41. The standard InChI is InChI=1S/C30H35Cl2N3O4S2/c1-5-17-33-30(37)28(6-2)34(19-22-9-10-23(31)18-27(22)32)29(36)20-35(24-11-7-21(3)8-12-24)41(38,39)26-15-13-25(40-4)14-16-26/h7-16,18,28H,5-6,17,19-20H2,1-4H3,(H,33,37)/t28-/m1/s1. The molecular weight excluding hydrogens is 601 g/mol. The van der Waals surface area contributed by atoms with Gasteiger partial charge in [0, 0.05) is 28.0 Å². The number of nitrogens with zero attached hydrogens (tertiary/aromatic N) is 2. The van der Waals surface area contributed by atoms with Crippen LogP contribution in [0, 0.1) is 6.92 Å². The van der Waals surface area contributed by atoms with Gasteiger partial charge in [-0.1, -0.05) is 60.8 Å². The first-order valence-electron chi connectivity index (χ1n) is 13.3. The Morgan fingerprint density at radius 1 is 0.976 bits per heavy atom. The van der Waals surface area contributed by atoms with Gasteiger partial charge < -0.3 is 10.2 Å². The molecule has 0 fully saturated rings. The molecule has 1 atom stereocenters. The number of thioether (sulfide) groups is 1. The number of hydrogen-bond acceptors (Lipinski definition) is 5. The van der Waals surface area contributed by atoms with E-state index in [1.54, 1.807) is 54.6 Å². The summed E-state index contributed by atoms with van der Waals surface area (Å²) in [5.74, 6) is -0.857. The Morgan fingerprint density at radius 3 is 2.20 bits per heavy atom. The SMILES string of the molecule is CCCNC(=O)[C@@H](CC)N(Cc1ccc(Cl)cc1Cl)C(=O)CN(c1ccc(C)cc1)S(=O)(=O)c1ccc(SC)cc1. The summed E-state index contributed by atoms with van der Waals surface area (Å²) in [6.45, 7) is 5.58. The van der Waals surface area contributed by atoms with Gasteiger partial charge in [0.1, 0.15) is 12.6 Å². The van der Waals surface area contributed by atoms with Gasteiger partial charge in [-0.15, -0.1) is 11.8 Å². The van der Waals surface area contributed by atoms with Gasteiger partial charge >= 0.3 is 0 Å². The molecule has 2 amide bonds. The normalized spacial score (nSPS) is 12.0. The van der Waals surface area contributed by atoms with Crippen LogP contribution in [-0.2, 0) is 26.2 Å². The Kier molecular flexibility index (Phi) is 12.0. The van der Waals surface area contributed by atoms with Crippen LogP contribution in [-0.4, -0.2) is 50.5 Å². The zero-order valence-electron chi connectivity index (χ0n) is 23.6. The van der Waals surface area contributed by atoms with Gasteiger partial charge in [-0.3, -0.25) is 13.9 Å². The van der Waals surface area contributed by atoms with E-state index in [1.165, 1.54) is 28.8 Å². The van der Waals surface area contributed by atoms with E-state index >= 15 is 0 Å². The molecule has 0 aliphatic carbocycles. The minimum absolute atomic E-state index is 0.00288. The van der Waals surface area contributed by atoms with Crippen LogP contribution in [0.3, 0.4) is 0 Å². The fourth-order valence-electron chi connectivity index (χ4n) is 4.23. The van der Waals surface area contributed by atoms with Crippen molar-refractivity contribution in [2.45, 2.75) is 56.0 Å². The fourth-order valence-corrected chi connectivity index (χ4v) is 6.52.